The molecule has 7 heteroatoms. The fraction of sp³-hybridized carbons (Fsp3) is 0.714. The first kappa shape index (κ1) is 13.3. The Morgan fingerprint density at radius 3 is 2.48 bits per heavy atom. The predicted octanol–water partition coefficient (Wildman–Crippen LogP) is 2.20. The summed E-state index contributed by atoms with van der Waals surface area (Å²) >= 11 is 0. The van der Waals surface area contributed by atoms with E-state index in [1.54, 1.807) is 6.07 Å². The Bertz CT molecular complexity index is 559. The third-order valence-corrected chi connectivity index (χ3v) is 4.96. The fourth-order valence-corrected chi connectivity index (χ4v) is 3.32. The van der Waals surface area contributed by atoms with E-state index >= 15 is 0 Å². The van der Waals surface area contributed by atoms with Crippen LogP contribution in [0.3, 0.4) is 0 Å². The minimum absolute atomic E-state index is 0.0656. The molecule has 1 spiro atoms. The quantitative estimate of drug-likeness (QED) is 0.929. The molecule has 114 valence electrons. The van der Waals surface area contributed by atoms with Gasteiger partial charge in [0, 0.05) is 30.8 Å². The first-order valence-electron chi connectivity index (χ1n) is 7.20. The second-order valence-corrected chi connectivity index (χ2v) is 6.55. The molecule has 3 aliphatic rings. The van der Waals surface area contributed by atoms with Crippen LogP contribution in [-0.2, 0) is 5.41 Å². The summed E-state index contributed by atoms with van der Waals surface area (Å²) in [5.74, 6) is 0.120. The summed E-state index contributed by atoms with van der Waals surface area (Å²) in [6.07, 6.45) is -0.827. The predicted molar refractivity (Wildman–Crippen MR) is 68.0 cm³/mol. The van der Waals surface area contributed by atoms with E-state index in [1.165, 1.54) is 6.20 Å². The molecule has 2 aliphatic carbocycles. The fourth-order valence-electron chi connectivity index (χ4n) is 3.32. The standard InChI is InChI=1S/C14H16F3N3O/c15-14(16,17)13(2-3-13)11-19-4-1-10(20-11)21-9-5-12(6-9)7-18-8-12/h1,4,9,18H,2-3,5-8H2. The average Bonchev–Trinajstić information content (AvgIpc) is 3.11. The molecular weight excluding hydrogens is 283 g/mol. The molecule has 0 amide bonds. The third kappa shape index (κ3) is 2.01. The van der Waals surface area contributed by atoms with Crippen LogP contribution in [0.15, 0.2) is 12.3 Å². The smallest absolute Gasteiger partial charge is 0.401 e. The number of rotatable bonds is 3. The minimum Gasteiger partial charge on any atom is -0.474 e. The van der Waals surface area contributed by atoms with Gasteiger partial charge >= 0.3 is 6.18 Å². The first-order valence-corrected chi connectivity index (χ1v) is 7.20. The highest BCUT2D eigenvalue weighted by Crippen LogP contribution is 2.58. The van der Waals surface area contributed by atoms with Crippen molar-refractivity contribution in [3.05, 3.63) is 18.1 Å². The van der Waals surface area contributed by atoms with Crippen molar-refractivity contribution in [1.29, 1.82) is 0 Å². The van der Waals surface area contributed by atoms with Crippen molar-refractivity contribution in [3.63, 3.8) is 0 Å². The van der Waals surface area contributed by atoms with Gasteiger partial charge in [-0.2, -0.15) is 18.2 Å². The molecule has 1 aromatic rings. The van der Waals surface area contributed by atoms with Crippen molar-refractivity contribution >= 4 is 0 Å². The number of nitrogens with one attached hydrogen (secondary N) is 1. The number of aromatic nitrogens is 2. The molecule has 4 nitrogen and oxygen atoms in total. The van der Waals surface area contributed by atoms with E-state index in [-0.39, 0.29) is 30.7 Å². The molecule has 4 rings (SSSR count). The first-order chi connectivity index (χ1) is 9.93. The van der Waals surface area contributed by atoms with Gasteiger partial charge in [-0.05, 0) is 25.7 Å². The lowest BCUT2D eigenvalue weighted by Crippen LogP contribution is -2.62. The van der Waals surface area contributed by atoms with Crippen molar-refractivity contribution in [1.82, 2.24) is 15.3 Å². The Morgan fingerprint density at radius 1 is 1.24 bits per heavy atom. The summed E-state index contributed by atoms with van der Waals surface area (Å²) in [6, 6.07) is 1.54. The zero-order valence-electron chi connectivity index (χ0n) is 11.4. The number of ether oxygens (including phenoxy) is 1. The largest absolute Gasteiger partial charge is 0.474 e. The maximum absolute atomic E-state index is 13.1. The molecule has 0 aromatic carbocycles. The zero-order chi connectivity index (χ0) is 14.7. The van der Waals surface area contributed by atoms with Crippen LogP contribution in [0, 0.1) is 5.41 Å². The van der Waals surface area contributed by atoms with Crippen molar-refractivity contribution in [2.45, 2.75) is 43.4 Å². The van der Waals surface area contributed by atoms with Gasteiger partial charge in [0.25, 0.3) is 0 Å². The van der Waals surface area contributed by atoms with Gasteiger partial charge in [0.2, 0.25) is 5.88 Å². The van der Waals surface area contributed by atoms with E-state index in [0.29, 0.717) is 5.41 Å². The van der Waals surface area contributed by atoms with Gasteiger partial charge in [0.15, 0.2) is 0 Å². The molecule has 2 saturated carbocycles. The molecule has 1 saturated heterocycles. The molecule has 1 aliphatic heterocycles. The van der Waals surface area contributed by atoms with E-state index < -0.39 is 11.6 Å². The summed E-state index contributed by atoms with van der Waals surface area (Å²) < 4.78 is 45.0. The highest BCUT2D eigenvalue weighted by molar-refractivity contribution is 5.25. The number of nitrogens with zero attached hydrogens (tertiary/aromatic N) is 2. The van der Waals surface area contributed by atoms with Crippen LogP contribution in [0.5, 0.6) is 5.88 Å². The van der Waals surface area contributed by atoms with Gasteiger partial charge in [-0.1, -0.05) is 0 Å². The topological polar surface area (TPSA) is 47.0 Å². The molecule has 0 bridgehead atoms. The molecule has 3 fully saturated rings. The van der Waals surface area contributed by atoms with E-state index in [1.807, 2.05) is 0 Å². The van der Waals surface area contributed by atoms with Gasteiger partial charge in [-0.25, -0.2) is 4.98 Å². The van der Waals surface area contributed by atoms with Crippen molar-refractivity contribution in [3.8, 4) is 5.88 Å². The molecule has 1 aromatic heterocycles. The highest BCUT2D eigenvalue weighted by atomic mass is 19.4. The second-order valence-electron chi connectivity index (χ2n) is 6.55. The molecule has 2 heterocycles. The van der Waals surface area contributed by atoms with Gasteiger partial charge in [0.1, 0.15) is 17.3 Å². The molecule has 21 heavy (non-hydrogen) atoms. The summed E-state index contributed by atoms with van der Waals surface area (Å²) in [5, 5.41) is 3.24. The Hall–Kier alpha value is -1.37. The number of hydrogen-bond acceptors (Lipinski definition) is 4. The Balaban J connectivity index is 1.47. The summed E-state index contributed by atoms with van der Waals surface area (Å²) in [4.78, 5) is 7.84. The van der Waals surface area contributed by atoms with Crippen LogP contribution in [-0.4, -0.2) is 35.3 Å². The number of alkyl halides is 3. The van der Waals surface area contributed by atoms with Crippen LogP contribution >= 0.6 is 0 Å². The average molecular weight is 299 g/mol. The number of hydrogen-bond donors (Lipinski definition) is 1. The molecule has 0 atom stereocenters. The number of halogens is 3. The van der Waals surface area contributed by atoms with Gasteiger partial charge in [-0.15, -0.1) is 0 Å². The van der Waals surface area contributed by atoms with Crippen LogP contribution in [0.25, 0.3) is 0 Å². The normalized spacial score (nSPS) is 26.0. The van der Waals surface area contributed by atoms with Crippen molar-refractivity contribution < 1.29 is 17.9 Å². The lowest BCUT2D eigenvalue weighted by atomic mass is 9.63. The lowest BCUT2D eigenvalue weighted by molar-refractivity contribution is -0.162. The van der Waals surface area contributed by atoms with E-state index in [2.05, 4.69) is 15.3 Å². The van der Waals surface area contributed by atoms with Gasteiger partial charge < -0.3 is 10.1 Å². The van der Waals surface area contributed by atoms with Crippen LogP contribution in [0.4, 0.5) is 13.2 Å². The van der Waals surface area contributed by atoms with Gasteiger partial charge in [-0.3, -0.25) is 0 Å². The summed E-state index contributed by atoms with van der Waals surface area (Å²) in [6.45, 7) is 2.03. The molecule has 0 radical (unpaired) electrons. The zero-order valence-corrected chi connectivity index (χ0v) is 11.4. The minimum atomic E-state index is -4.29. The van der Waals surface area contributed by atoms with Crippen molar-refractivity contribution in [2.24, 2.45) is 5.41 Å². The van der Waals surface area contributed by atoms with Crippen LogP contribution in [0.2, 0.25) is 0 Å². The molecule has 0 unspecified atom stereocenters. The highest BCUT2D eigenvalue weighted by Gasteiger charge is 2.66. The molecular formula is C14H16F3N3O. The lowest BCUT2D eigenvalue weighted by Gasteiger charge is -2.53. The van der Waals surface area contributed by atoms with Crippen LogP contribution < -0.4 is 10.1 Å². The van der Waals surface area contributed by atoms with E-state index in [9.17, 15) is 13.2 Å². The van der Waals surface area contributed by atoms with Crippen molar-refractivity contribution in [2.75, 3.05) is 13.1 Å². The van der Waals surface area contributed by atoms with E-state index in [4.69, 9.17) is 4.74 Å². The SMILES string of the molecule is FC(F)(F)C1(c2nccc(OC3CC4(CNC4)C3)n2)CC1. The maximum atomic E-state index is 13.1. The summed E-state index contributed by atoms with van der Waals surface area (Å²) in [7, 11) is 0. The molecule has 1 N–H and O–H groups in total. The van der Waals surface area contributed by atoms with E-state index in [0.717, 1.165) is 25.9 Å². The summed E-state index contributed by atoms with van der Waals surface area (Å²) in [5.41, 5.74) is -1.48. The second kappa shape index (κ2) is 4.09. The maximum Gasteiger partial charge on any atom is 0.401 e. The van der Waals surface area contributed by atoms with Gasteiger partial charge in [0.05, 0.1) is 0 Å². The third-order valence-electron chi connectivity index (χ3n) is 4.96. The monoisotopic (exact) mass is 299 g/mol. The Morgan fingerprint density at radius 2 is 1.95 bits per heavy atom. The Kier molecular flexibility index (Phi) is 2.59. The van der Waals surface area contributed by atoms with Crippen LogP contribution in [0.1, 0.15) is 31.5 Å². The Labute approximate surface area is 120 Å².